The Hall–Kier alpha value is -1.05. The average molecular weight is 209 g/mol. The van der Waals surface area contributed by atoms with Crippen LogP contribution < -0.4 is 5.32 Å². The Morgan fingerprint density at radius 2 is 2.20 bits per heavy atom. The van der Waals surface area contributed by atoms with Crippen LogP contribution >= 0.6 is 0 Å². The van der Waals surface area contributed by atoms with E-state index >= 15 is 0 Å². The minimum Gasteiger partial charge on any atom is -0.339 e. The van der Waals surface area contributed by atoms with E-state index in [1.54, 1.807) is 0 Å². The molecule has 0 aromatic carbocycles. The quantitative estimate of drug-likeness (QED) is 0.629. The van der Waals surface area contributed by atoms with Gasteiger partial charge >= 0.3 is 0 Å². The van der Waals surface area contributed by atoms with Crippen LogP contribution in [-0.2, 0) is 4.79 Å². The predicted octanol–water partition coefficient (Wildman–Crippen LogP) is -0.628. The Labute approximate surface area is 91.6 Å². The third kappa shape index (κ3) is 3.22. The van der Waals surface area contributed by atoms with Crippen molar-refractivity contribution in [2.24, 2.45) is 0 Å². The first kappa shape index (κ1) is 12.0. The molecule has 0 spiro atoms. The van der Waals surface area contributed by atoms with E-state index in [1.165, 1.54) is 0 Å². The molecular formula is C11H19N3O. The molecule has 0 radical (unpaired) electrons. The van der Waals surface area contributed by atoms with Crippen LogP contribution in [0, 0.1) is 12.3 Å². The summed E-state index contributed by atoms with van der Waals surface area (Å²) in [6, 6.07) is -0.126. The Morgan fingerprint density at radius 1 is 1.60 bits per heavy atom. The maximum absolute atomic E-state index is 12.0. The van der Waals surface area contributed by atoms with Gasteiger partial charge in [-0.1, -0.05) is 5.92 Å². The zero-order chi connectivity index (χ0) is 11.3. The molecule has 1 rings (SSSR count). The van der Waals surface area contributed by atoms with E-state index < -0.39 is 0 Å². The van der Waals surface area contributed by atoms with Gasteiger partial charge in [0.1, 0.15) is 0 Å². The number of terminal acetylenes is 1. The molecule has 15 heavy (non-hydrogen) atoms. The minimum absolute atomic E-state index is 0.126. The van der Waals surface area contributed by atoms with Gasteiger partial charge in [-0.25, -0.2) is 0 Å². The molecule has 0 saturated carbocycles. The van der Waals surface area contributed by atoms with Crippen molar-refractivity contribution in [3.05, 3.63) is 0 Å². The fraction of sp³-hybridized carbons (Fsp3) is 0.727. The van der Waals surface area contributed by atoms with Gasteiger partial charge in [-0.3, -0.25) is 9.69 Å². The van der Waals surface area contributed by atoms with Gasteiger partial charge in [0, 0.05) is 26.2 Å². The molecule has 4 nitrogen and oxygen atoms in total. The van der Waals surface area contributed by atoms with Gasteiger partial charge < -0.3 is 10.2 Å². The summed E-state index contributed by atoms with van der Waals surface area (Å²) in [5.74, 6) is 2.72. The number of amides is 1. The van der Waals surface area contributed by atoms with Gasteiger partial charge in [0.15, 0.2) is 0 Å². The highest BCUT2D eigenvalue weighted by Gasteiger charge is 2.24. The summed E-state index contributed by atoms with van der Waals surface area (Å²) in [5, 5.41) is 3.22. The van der Waals surface area contributed by atoms with E-state index in [0.717, 1.165) is 26.2 Å². The first-order chi connectivity index (χ1) is 7.16. The lowest BCUT2D eigenvalue weighted by atomic mass is 10.2. The minimum atomic E-state index is -0.126. The van der Waals surface area contributed by atoms with Crippen LogP contribution in [0.4, 0.5) is 0 Å². The summed E-state index contributed by atoms with van der Waals surface area (Å²) in [7, 11) is 1.88. The standard InChI is InChI=1S/C11H19N3O/c1-4-7-13(3)10(2)11(15)14-8-5-12-6-9-14/h1,10,12H,5-9H2,2-3H3. The van der Waals surface area contributed by atoms with Crippen molar-refractivity contribution in [3.8, 4) is 12.3 Å². The number of nitrogens with one attached hydrogen (secondary N) is 1. The first-order valence-electron chi connectivity index (χ1n) is 5.30. The van der Waals surface area contributed by atoms with Gasteiger partial charge in [-0.15, -0.1) is 6.42 Å². The van der Waals surface area contributed by atoms with Crippen molar-refractivity contribution < 1.29 is 4.79 Å². The molecule has 0 aromatic heterocycles. The van der Waals surface area contributed by atoms with Crippen molar-refractivity contribution in [3.63, 3.8) is 0 Å². The zero-order valence-electron chi connectivity index (χ0n) is 9.49. The molecule has 1 amide bonds. The van der Waals surface area contributed by atoms with E-state index in [-0.39, 0.29) is 11.9 Å². The Bertz CT molecular complexity index is 253. The maximum atomic E-state index is 12.0. The largest absolute Gasteiger partial charge is 0.339 e. The second-order valence-electron chi connectivity index (χ2n) is 3.87. The maximum Gasteiger partial charge on any atom is 0.239 e. The summed E-state index contributed by atoms with van der Waals surface area (Å²) in [5.41, 5.74) is 0. The highest BCUT2D eigenvalue weighted by atomic mass is 16.2. The smallest absolute Gasteiger partial charge is 0.239 e. The van der Waals surface area contributed by atoms with Gasteiger partial charge in [-0.05, 0) is 14.0 Å². The number of rotatable bonds is 3. The Morgan fingerprint density at radius 3 is 2.73 bits per heavy atom. The number of likely N-dealkylation sites (N-methyl/N-ethyl adjacent to an activating group) is 1. The van der Waals surface area contributed by atoms with E-state index in [2.05, 4.69) is 11.2 Å². The second-order valence-corrected chi connectivity index (χ2v) is 3.87. The summed E-state index contributed by atoms with van der Waals surface area (Å²) in [6.45, 7) is 5.79. The fourth-order valence-electron chi connectivity index (χ4n) is 1.62. The van der Waals surface area contributed by atoms with E-state index in [0.29, 0.717) is 6.54 Å². The summed E-state index contributed by atoms with van der Waals surface area (Å²) < 4.78 is 0. The lowest BCUT2D eigenvalue weighted by Crippen LogP contribution is -2.52. The Kier molecular flexibility index (Phi) is 4.60. The summed E-state index contributed by atoms with van der Waals surface area (Å²) in [6.07, 6.45) is 5.22. The first-order valence-corrected chi connectivity index (χ1v) is 5.30. The molecule has 84 valence electrons. The number of carbonyl (C=O) groups is 1. The molecule has 0 bridgehead atoms. The summed E-state index contributed by atoms with van der Waals surface area (Å²) in [4.78, 5) is 15.8. The number of nitrogens with zero attached hydrogens (tertiary/aromatic N) is 2. The monoisotopic (exact) mass is 209 g/mol. The van der Waals surface area contributed by atoms with Crippen LogP contribution in [0.2, 0.25) is 0 Å². The van der Waals surface area contributed by atoms with Crippen LogP contribution in [0.3, 0.4) is 0 Å². The van der Waals surface area contributed by atoms with Crippen LogP contribution in [0.1, 0.15) is 6.92 Å². The van der Waals surface area contributed by atoms with Crippen molar-refractivity contribution in [1.29, 1.82) is 0 Å². The van der Waals surface area contributed by atoms with Gasteiger partial charge in [0.2, 0.25) is 5.91 Å². The normalized spacial score (nSPS) is 18.7. The molecule has 0 aliphatic carbocycles. The third-order valence-corrected chi connectivity index (χ3v) is 2.79. The molecule has 1 atom stereocenters. The Balaban J connectivity index is 2.47. The molecule has 1 heterocycles. The van der Waals surface area contributed by atoms with Crippen LogP contribution in [0.15, 0.2) is 0 Å². The molecule has 1 aliphatic heterocycles. The van der Waals surface area contributed by atoms with E-state index in [9.17, 15) is 4.79 Å². The van der Waals surface area contributed by atoms with Crippen molar-refractivity contribution in [2.75, 3.05) is 39.8 Å². The zero-order valence-corrected chi connectivity index (χ0v) is 9.49. The highest BCUT2D eigenvalue weighted by molar-refractivity contribution is 5.81. The van der Waals surface area contributed by atoms with Crippen LogP contribution in [0.25, 0.3) is 0 Å². The SMILES string of the molecule is C#CCN(C)C(C)C(=O)N1CCNCC1. The number of carbonyl (C=O) groups excluding carboxylic acids is 1. The topological polar surface area (TPSA) is 35.6 Å². The molecular weight excluding hydrogens is 190 g/mol. The van der Waals surface area contributed by atoms with Crippen molar-refractivity contribution >= 4 is 5.91 Å². The molecule has 4 heteroatoms. The average Bonchev–Trinajstić information content (AvgIpc) is 2.28. The van der Waals surface area contributed by atoms with Crippen LogP contribution in [-0.4, -0.2) is 61.5 Å². The molecule has 1 saturated heterocycles. The molecule has 1 fully saturated rings. The van der Waals surface area contributed by atoms with Gasteiger partial charge in [-0.2, -0.15) is 0 Å². The fourth-order valence-corrected chi connectivity index (χ4v) is 1.62. The van der Waals surface area contributed by atoms with Gasteiger partial charge in [0.25, 0.3) is 0 Å². The van der Waals surface area contributed by atoms with Crippen molar-refractivity contribution in [1.82, 2.24) is 15.1 Å². The molecule has 1 aliphatic rings. The van der Waals surface area contributed by atoms with Gasteiger partial charge in [0.05, 0.1) is 12.6 Å². The highest BCUT2D eigenvalue weighted by Crippen LogP contribution is 2.02. The number of hydrogen-bond acceptors (Lipinski definition) is 3. The summed E-state index contributed by atoms with van der Waals surface area (Å²) >= 11 is 0. The number of hydrogen-bond donors (Lipinski definition) is 1. The lowest BCUT2D eigenvalue weighted by molar-refractivity contribution is -0.136. The van der Waals surface area contributed by atoms with Crippen molar-refractivity contribution in [2.45, 2.75) is 13.0 Å². The van der Waals surface area contributed by atoms with E-state index in [4.69, 9.17) is 6.42 Å². The molecule has 1 N–H and O–H groups in total. The second kappa shape index (κ2) is 5.74. The molecule has 0 aromatic rings. The van der Waals surface area contributed by atoms with Crippen LogP contribution in [0.5, 0.6) is 0 Å². The number of piperazine rings is 1. The molecule has 1 unspecified atom stereocenters. The predicted molar refractivity (Wildman–Crippen MR) is 60.4 cm³/mol. The van der Waals surface area contributed by atoms with E-state index in [1.807, 2.05) is 23.8 Å². The third-order valence-electron chi connectivity index (χ3n) is 2.79. The lowest BCUT2D eigenvalue weighted by Gasteiger charge is -2.32.